The zero-order chi connectivity index (χ0) is 17.5. The van der Waals surface area contributed by atoms with Crippen LogP contribution in [0.15, 0.2) is 41.8 Å². The number of anilines is 1. The number of amides is 2. The molecule has 128 valence electrons. The van der Waals surface area contributed by atoms with Crippen LogP contribution < -0.4 is 15.5 Å². The van der Waals surface area contributed by atoms with Crippen LogP contribution in [0.1, 0.15) is 29.8 Å². The first kappa shape index (κ1) is 18.0. The second-order valence-electron chi connectivity index (χ2n) is 5.81. The Balaban J connectivity index is 1.90. The van der Waals surface area contributed by atoms with E-state index in [1.807, 2.05) is 60.8 Å². The van der Waals surface area contributed by atoms with Gasteiger partial charge in [-0.1, -0.05) is 18.2 Å². The molecule has 0 aliphatic rings. The highest BCUT2D eigenvalue weighted by Gasteiger charge is 2.17. The molecular weight excluding hydrogens is 322 g/mol. The van der Waals surface area contributed by atoms with E-state index in [4.69, 9.17) is 0 Å². The van der Waals surface area contributed by atoms with E-state index in [1.54, 1.807) is 0 Å². The van der Waals surface area contributed by atoms with E-state index in [1.165, 1.54) is 18.3 Å². The lowest BCUT2D eigenvalue weighted by Gasteiger charge is -2.16. The molecule has 0 aliphatic carbocycles. The molecule has 0 unspecified atom stereocenters. The predicted octanol–water partition coefficient (Wildman–Crippen LogP) is 2.70. The molecule has 2 amide bonds. The minimum absolute atomic E-state index is 0.0844. The third-order valence-corrected chi connectivity index (χ3v) is 4.58. The van der Waals surface area contributed by atoms with Gasteiger partial charge in [0, 0.05) is 38.1 Å². The molecule has 0 saturated heterocycles. The fraction of sp³-hybridized carbons (Fsp3) is 0.333. The molecule has 1 atom stereocenters. The normalized spacial score (nSPS) is 11.6. The van der Waals surface area contributed by atoms with E-state index in [2.05, 4.69) is 10.6 Å². The van der Waals surface area contributed by atoms with Crippen LogP contribution in [0.3, 0.4) is 0 Å². The molecule has 1 aromatic carbocycles. The lowest BCUT2D eigenvalue weighted by Crippen LogP contribution is -2.32. The SMILES string of the molecule is CC(=O)N[C@@H](CC(=O)NCc1ccc(N(C)C)cc1)c1cccs1. The zero-order valence-corrected chi connectivity index (χ0v) is 15.0. The zero-order valence-electron chi connectivity index (χ0n) is 14.2. The van der Waals surface area contributed by atoms with Crippen LogP contribution in [-0.4, -0.2) is 25.9 Å². The summed E-state index contributed by atoms with van der Waals surface area (Å²) in [5.41, 5.74) is 2.16. The monoisotopic (exact) mass is 345 g/mol. The van der Waals surface area contributed by atoms with Crippen molar-refractivity contribution in [3.8, 4) is 0 Å². The third kappa shape index (κ3) is 5.38. The molecule has 6 heteroatoms. The van der Waals surface area contributed by atoms with Crippen molar-refractivity contribution in [2.75, 3.05) is 19.0 Å². The van der Waals surface area contributed by atoms with Gasteiger partial charge in [-0.3, -0.25) is 9.59 Å². The van der Waals surface area contributed by atoms with Gasteiger partial charge in [0.15, 0.2) is 0 Å². The van der Waals surface area contributed by atoms with Crippen molar-refractivity contribution in [1.29, 1.82) is 0 Å². The van der Waals surface area contributed by atoms with E-state index in [9.17, 15) is 9.59 Å². The van der Waals surface area contributed by atoms with Gasteiger partial charge in [-0.05, 0) is 29.1 Å². The maximum Gasteiger partial charge on any atom is 0.222 e. The van der Waals surface area contributed by atoms with E-state index in [0.717, 1.165) is 16.1 Å². The highest BCUT2D eigenvalue weighted by molar-refractivity contribution is 7.10. The van der Waals surface area contributed by atoms with Gasteiger partial charge in [0.2, 0.25) is 11.8 Å². The minimum Gasteiger partial charge on any atom is -0.378 e. The number of carbonyl (C=O) groups is 2. The van der Waals surface area contributed by atoms with Crippen LogP contribution in [0.4, 0.5) is 5.69 Å². The molecule has 1 aromatic heterocycles. The van der Waals surface area contributed by atoms with Crippen molar-refractivity contribution in [2.24, 2.45) is 0 Å². The summed E-state index contributed by atoms with van der Waals surface area (Å²) in [5, 5.41) is 7.69. The average Bonchev–Trinajstić information content (AvgIpc) is 3.06. The molecule has 2 rings (SSSR count). The number of nitrogens with one attached hydrogen (secondary N) is 2. The minimum atomic E-state index is -0.279. The number of hydrogen-bond acceptors (Lipinski definition) is 4. The molecule has 2 N–H and O–H groups in total. The number of hydrogen-bond donors (Lipinski definition) is 2. The first-order valence-corrected chi connectivity index (χ1v) is 8.67. The molecule has 0 bridgehead atoms. The van der Waals surface area contributed by atoms with Crippen LogP contribution in [-0.2, 0) is 16.1 Å². The Bertz CT molecular complexity index is 666. The molecule has 2 aromatic rings. The van der Waals surface area contributed by atoms with Gasteiger partial charge in [0.05, 0.1) is 12.5 Å². The lowest BCUT2D eigenvalue weighted by atomic mass is 10.1. The Kier molecular flexibility index (Phi) is 6.37. The Hall–Kier alpha value is -2.34. The number of rotatable bonds is 7. The topological polar surface area (TPSA) is 61.4 Å². The van der Waals surface area contributed by atoms with Crippen molar-refractivity contribution in [2.45, 2.75) is 25.9 Å². The van der Waals surface area contributed by atoms with Crippen molar-refractivity contribution >= 4 is 28.8 Å². The van der Waals surface area contributed by atoms with E-state index in [0.29, 0.717) is 6.54 Å². The van der Waals surface area contributed by atoms with Gasteiger partial charge in [-0.25, -0.2) is 0 Å². The Morgan fingerprint density at radius 3 is 2.42 bits per heavy atom. The molecule has 5 nitrogen and oxygen atoms in total. The van der Waals surface area contributed by atoms with Gasteiger partial charge < -0.3 is 15.5 Å². The molecule has 0 aliphatic heterocycles. The van der Waals surface area contributed by atoms with Gasteiger partial charge in [0.1, 0.15) is 0 Å². The Morgan fingerprint density at radius 1 is 1.17 bits per heavy atom. The number of nitrogens with zero attached hydrogens (tertiary/aromatic N) is 1. The smallest absolute Gasteiger partial charge is 0.222 e. The molecule has 24 heavy (non-hydrogen) atoms. The van der Waals surface area contributed by atoms with E-state index in [-0.39, 0.29) is 24.3 Å². The summed E-state index contributed by atoms with van der Waals surface area (Å²) in [4.78, 5) is 26.6. The first-order valence-electron chi connectivity index (χ1n) is 7.79. The Labute approximate surface area is 146 Å². The van der Waals surface area contributed by atoms with Gasteiger partial charge >= 0.3 is 0 Å². The number of thiophene rings is 1. The molecule has 0 radical (unpaired) electrons. The third-order valence-electron chi connectivity index (χ3n) is 3.60. The molecule has 0 saturated carbocycles. The second-order valence-corrected chi connectivity index (χ2v) is 6.79. The van der Waals surface area contributed by atoms with E-state index >= 15 is 0 Å². The molecule has 0 spiro atoms. The number of benzene rings is 1. The summed E-state index contributed by atoms with van der Waals surface area (Å²) >= 11 is 1.53. The largest absolute Gasteiger partial charge is 0.378 e. The van der Waals surface area contributed by atoms with Crippen LogP contribution in [0.5, 0.6) is 0 Å². The summed E-state index contributed by atoms with van der Waals surface area (Å²) in [5.74, 6) is -0.223. The number of carbonyl (C=O) groups excluding carboxylic acids is 2. The molecule has 0 fully saturated rings. The van der Waals surface area contributed by atoms with Crippen molar-refractivity contribution < 1.29 is 9.59 Å². The van der Waals surface area contributed by atoms with E-state index < -0.39 is 0 Å². The average molecular weight is 345 g/mol. The quantitative estimate of drug-likeness (QED) is 0.811. The summed E-state index contributed by atoms with van der Waals surface area (Å²) in [6.07, 6.45) is 0.232. The highest BCUT2D eigenvalue weighted by atomic mass is 32.1. The second kappa shape index (κ2) is 8.49. The fourth-order valence-electron chi connectivity index (χ4n) is 2.33. The fourth-order valence-corrected chi connectivity index (χ4v) is 3.11. The van der Waals surface area contributed by atoms with Crippen molar-refractivity contribution in [3.05, 3.63) is 52.2 Å². The standard InChI is InChI=1S/C18H23N3O2S/c1-13(22)20-16(17-5-4-10-24-17)11-18(23)19-12-14-6-8-15(9-7-14)21(2)3/h4-10,16H,11-12H2,1-3H3,(H,19,23)(H,20,22)/t16-/m0/s1. The van der Waals surface area contributed by atoms with Gasteiger partial charge in [-0.15, -0.1) is 11.3 Å². The maximum absolute atomic E-state index is 12.2. The van der Waals surface area contributed by atoms with Crippen LogP contribution in [0.25, 0.3) is 0 Å². The summed E-state index contributed by atoms with van der Waals surface area (Å²) < 4.78 is 0. The van der Waals surface area contributed by atoms with Crippen LogP contribution in [0, 0.1) is 0 Å². The Morgan fingerprint density at radius 2 is 1.88 bits per heavy atom. The summed E-state index contributed by atoms with van der Waals surface area (Å²) in [7, 11) is 3.98. The lowest BCUT2D eigenvalue weighted by molar-refractivity contribution is -0.122. The summed E-state index contributed by atoms with van der Waals surface area (Å²) in [6, 6.07) is 11.6. The van der Waals surface area contributed by atoms with Crippen LogP contribution in [0.2, 0.25) is 0 Å². The van der Waals surface area contributed by atoms with Crippen molar-refractivity contribution in [3.63, 3.8) is 0 Å². The highest BCUT2D eigenvalue weighted by Crippen LogP contribution is 2.22. The van der Waals surface area contributed by atoms with Gasteiger partial charge in [0.25, 0.3) is 0 Å². The maximum atomic E-state index is 12.2. The first-order chi connectivity index (χ1) is 11.5. The molecule has 1 heterocycles. The van der Waals surface area contributed by atoms with Crippen molar-refractivity contribution in [1.82, 2.24) is 10.6 Å². The predicted molar refractivity (Wildman–Crippen MR) is 98.1 cm³/mol. The van der Waals surface area contributed by atoms with Gasteiger partial charge in [-0.2, -0.15) is 0 Å². The summed E-state index contributed by atoms with van der Waals surface area (Å²) in [6.45, 7) is 1.94. The molecular formula is C18H23N3O2S. The van der Waals surface area contributed by atoms with Crippen LogP contribution >= 0.6 is 11.3 Å².